The van der Waals surface area contributed by atoms with Crippen LogP contribution in [0.25, 0.3) is 0 Å². The number of hydrogen-bond donors (Lipinski definition) is 1. The number of anilines is 1. The predicted octanol–water partition coefficient (Wildman–Crippen LogP) is 1.54. The van der Waals surface area contributed by atoms with Crippen LogP contribution in [0.2, 0.25) is 0 Å². The largest absolute Gasteiger partial charge is 0.352 e. The Morgan fingerprint density at radius 2 is 2.33 bits per heavy atom. The number of pyridine rings is 1. The van der Waals surface area contributed by atoms with Crippen molar-refractivity contribution in [1.29, 1.82) is 0 Å². The van der Waals surface area contributed by atoms with Gasteiger partial charge in [-0.15, -0.1) is 0 Å². The van der Waals surface area contributed by atoms with Gasteiger partial charge >= 0.3 is 0 Å². The molecule has 1 saturated heterocycles. The molecule has 0 amide bonds. The van der Waals surface area contributed by atoms with Gasteiger partial charge in [-0.25, -0.2) is 9.37 Å². The maximum Gasteiger partial charge on any atom is 0.141 e. The Hall–Kier alpha value is -1.16. The fraction of sp³-hybridized carbons (Fsp3) is 0.545. The Morgan fingerprint density at radius 1 is 1.47 bits per heavy atom. The molecule has 0 spiro atoms. The van der Waals surface area contributed by atoms with Crippen molar-refractivity contribution in [3.8, 4) is 0 Å². The zero-order valence-electron chi connectivity index (χ0n) is 8.69. The van der Waals surface area contributed by atoms with Crippen LogP contribution in [0.15, 0.2) is 18.3 Å². The highest BCUT2D eigenvalue weighted by Gasteiger charge is 2.21. The molecule has 0 saturated carbocycles. The maximum absolute atomic E-state index is 12.7. The van der Waals surface area contributed by atoms with Crippen molar-refractivity contribution in [2.45, 2.75) is 25.3 Å². The smallest absolute Gasteiger partial charge is 0.141 e. The second-order valence-corrected chi connectivity index (χ2v) is 3.91. The van der Waals surface area contributed by atoms with Gasteiger partial charge in [0.05, 0.1) is 6.20 Å². The second-order valence-electron chi connectivity index (χ2n) is 3.91. The lowest BCUT2D eigenvalue weighted by Gasteiger charge is -2.35. The van der Waals surface area contributed by atoms with Gasteiger partial charge in [0.25, 0.3) is 0 Å². The topological polar surface area (TPSA) is 42.1 Å². The number of rotatable bonds is 2. The maximum atomic E-state index is 12.7. The first kappa shape index (κ1) is 10.4. The average molecular weight is 209 g/mol. The molecule has 2 N–H and O–H groups in total. The van der Waals surface area contributed by atoms with Crippen molar-refractivity contribution in [3.63, 3.8) is 0 Å². The van der Waals surface area contributed by atoms with Crippen molar-refractivity contribution in [3.05, 3.63) is 24.1 Å². The molecule has 1 unspecified atom stereocenters. The lowest BCUT2D eigenvalue weighted by molar-refractivity contribution is 0.461. The minimum Gasteiger partial charge on any atom is -0.352 e. The van der Waals surface area contributed by atoms with Crippen LogP contribution in [0.1, 0.15) is 19.3 Å². The van der Waals surface area contributed by atoms with Crippen LogP contribution in [-0.2, 0) is 0 Å². The van der Waals surface area contributed by atoms with E-state index in [0.717, 1.165) is 25.2 Å². The molecule has 1 aromatic rings. The molecule has 1 fully saturated rings. The van der Waals surface area contributed by atoms with E-state index in [1.807, 2.05) is 0 Å². The Labute approximate surface area is 89.1 Å². The van der Waals surface area contributed by atoms with Crippen LogP contribution < -0.4 is 10.6 Å². The molecule has 0 radical (unpaired) electrons. The molecule has 2 rings (SSSR count). The highest BCUT2D eigenvalue weighted by Crippen LogP contribution is 2.22. The normalized spacial score (nSPS) is 21.7. The Morgan fingerprint density at radius 3 is 3.00 bits per heavy atom. The van der Waals surface area contributed by atoms with Gasteiger partial charge in [-0.2, -0.15) is 0 Å². The van der Waals surface area contributed by atoms with Gasteiger partial charge in [0.15, 0.2) is 0 Å². The molecule has 1 aliphatic heterocycles. The van der Waals surface area contributed by atoms with E-state index in [-0.39, 0.29) is 5.82 Å². The Bertz CT molecular complexity index is 312. The summed E-state index contributed by atoms with van der Waals surface area (Å²) in [4.78, 5) is 6.28. The van der Waals surface area contributed by atoms with Crippen molar-refractivity contribution in [1.82, 2.24) is 4.98 Å². The molecule has 15 heavy (non-hydrogen) atoms. The van der Waals surface area contributed by atoms with Gasteiger partial charge in [-0.05, 0) is 31.4 Å². The van der Waals surface area contributed by atoms with E-state index in [0.29, 0.717) is 12.6 Å². The summed E-state index contributed by atoms with van der Waals surface area (Å²) in [5, 5.41) is 0. The van der Waals surface area contributed by atoms with Crippen LogP contribution in [-0.4, -0.2) is 24.1 Å². The first-order valence-electron chi connectivity index (χ1n) is 5.39. The van der Waals surface area contributed by atoms with Gasteiger partial charge in [-0.1, -0.05) is 0 Å². The third kappa shape index (κ3) is 2.26. The average Bonchev–Trinajstić information content (AvgIpc) is 2.30. The first-order chi connectivity index (χ1) is 7.31. The summed E-state index contributed by atoms with van der Waals surface area (Å²) >= 11 is 0. The van der Waals surface area contributed by atoms with E-state index in [1.54, 1.807) is 6.07 Å². The van der Waals surface area contributed by atoms with Gasteiger partial charge in [0, 0.05) is 19.1 Å². The fourth-order valence-corrected chi connectivity index (χ4v) is 2.09. The van der Waals surface area contributed by atoms with E-state index < -0.39 is 0 Å². The summed E-state index contributed by atoms with van der Waals surface area (Å²) in [7, 11) is 0. The van der Waals surface area contributed by atoms with E-state index in [4.69, 9.17) is 5.73 Å². The van der Waals surface area contributed by atoms with Crippen molar-refractivity contribution >= 4 is 5.82 Å². The molecule has 3 nitrogen and oxygen atoms in total. The summed E-state index contributed by atoms with van der Waals surface area (Å²) in [6.07, 6.45) is 4.75. The number of nitrogens with two attached hydrogens (primary N) is 1. The minimum atomic E-state index is -0.292. The molecule has 82 valence electrons. The standard InChI is InChI=1S/C11H16FN3/c12-9-4-5-11(14-8-9)15-6-2-1-3-10(15)7-13/h4-5,8,10H,1-3,6-7,13H2. The zero-order valence-corrected chi connectivity index (χ0v) is 8.69. The van der Waals surface area contributed by atoms with Crippen LogP contribution in [0.3, 0.4) is 0 Å². The molecule has 1 aliphatic rings. The van der Waals surface area contributed by atoms with Crippen molar-refractivity contribution in [2.75, 3.05) is 18.0 Å². The van der Waals surface area contributed by atoms with Crippen LogP contribution in [0, 0.1) is 5.82 Å². The third-order valence-electron chi connectivity index (χ3n) is 2.91. The Balaban J connectivity index is 2.16. The summed E-state index contributed by atoms with van der Waals surface area (Å²) in [6.45, 7) is 1.61. The number of aromatic nitrogens is 1. The molecular formula is C11H16FN3. The van der Waals surface area contributed by atoms with Gasteiger partial charge < -0.3 is 10.6 Å². The second kappa shape index (κ2) is 4.57. The molecule has 4 heteroatoms. The lowest BCUT2D eigenvalue weighted by atomic mass is 10.0. The molecule has 0 aliphatic carbocycles. The van der Waals surface area contributed by atoms with E-state index >= 15 is 0 Å². The lowest BCUT2D eigenvalue weighted by Crippen LogP contribution is -2.44. The molecular weight excluding hydrogens is 193 g/mol. The fourth-order valence-electron chi connectivity index (χ4n) is 2.09. The van der Waals surface area contributed by atoms with Crippen LogP contribution in [0.5, 0.6) is 0 Å². The quantitative estimate of drug-likeness (QED) is 0.803. The number of piperidine rings is 1. The van der Waals surface area contributed by atoms with E-state index in [1.165, 1.54) is 18.7 Å². The number of hydrogen-bond acceptors (Lipinski definition) is 3. The summed E-state index contributed by atoms with van der Waals surface area (Å²) in [5.74, 6) is 0.548. The molecule has 1 atom stereocenters. The SMILES string of the molecule is NCC1CCCCN1c1ccc(F)cn1. The monoisotopic (exact) mass is 209 g/mol. The summed E-state index contributed by atoms with van der Waals surface area (Å²) in [6, 6.07) is 3.53. The molecule has 2 heterocycles. The number of nitrogens with zero attached hydrogens (tertiary/aromatic N) is 2. The zero-order chi connectivity index (χ0) is 10.7. The predicted molar refractivity (Wildman–Crippen MR) is 58.2 cm³/mol. The Kier molecular flexibility index (Phi) is 3.16. The van der Waals surface area contributed by atoms with Gasteiger partial charge in [0.2, 0.25) is 0 Å². The highest BCUT2D eigenvalue weighted by molar-refractivity contribution is 5.40. The molecule has 0 bridgehead atoms. The highest BCUT2D eigenvalue weighted by atomic mass is 19.1. The number of halogens is 1. The van der Waals surface area contributed by atoms with Gasteiger partial charge in [0.1, 0.15) is 11.6 Å². The van der Waals surface area contributed by atoms with Crippen LogP contribution in [0.4, 0.5) is 10.2 Å². The van der Waals surface area contributed by atoms with Crippen molar-refractivity contribution in [2.24, 2.45) is 5.73 Å². The first-order valence-corrected chi connectivity index (χ1v) is 5.39. The van der Waals surface area contributed by atoms with E-state index in [9.17, 15) is 4.39 Å². The third-order valence-corrected chi connectivity index (χ3v) is 2.91. The van der Waals surface area contributed by atoms with Crippen molar-refractivity contribution < 1.29 is 4.39 Å². The van der Waals surface area contributed by atoms with Gasteiger partial charge in [-0.3, -0.25) is 0 Å². The molecule has 0 aromatic carbocycles. The van der Waals surface area contributed by atoms with Crippen LogP contribution >= 0.6 is 0 Å². The summed E-state index contributed by atoms with van der Waals surface area (Å²) < 4.78 is 12.7. The van der Waals surface area contributed by atoms with E-state index in [2.05, 4.69) is 9.88 Å². The molecule has 1 aromatic heterocycles. The summed E-state index contributed by atoms with van der Waals surface area (Å²) in [5.41, 5.74) is 5.72. The minimum absolute atomic E-state index is 0.292.